The minimum absolute atomic E-state index is 0.0944. The molecule has 0 spiro atoms. The molecule has 0 radical (unpaired) electrons. The largest absolute Gasteiger partial charge is 0.457 e. The summed E-state index contributed by atoms with van der Waals surface area (Å²) in [6, 6.07) is 11.0. The van der Waals surface area contributed by atoms with Gasteiger partial charge in [-0.3, -0.25) is 14.4 Å². The Morgan fingerprint density at radius 2 is 1.83 bits per heavy atom. The maximum Gasteiger partial charge on any atom is 0.314 e. The molecule has 29 heavy (non-hydrogen) atoms. The molecule has 3 rings (SSSR count). The minimum atomic E-state index is -0.410. The lowest BCUT2D eigenvalue weighted by Gasteiger charge is -2.21. The van der Waals surface area contributed by atoms with E-state index in [4.69, 9.17) is 4.74 Å². The van der Waals surface area contributed by atoms with Gasteiger partial charge in [-0.05, 0) is 30.4 Å². The Hall–Kier alpha value is -2.89. The van der Waals surface area contributed by atoms with Crippen molar-refractivity contribution in [1.29, 1.82) is 0 Å². The van der Waals surface area contributed by atoms with E-state index in [1.807, 2.05) is 44.2 Å². The summed E-state index contributed by atoms with van der Waals surface area (Å²) in [5, 5.41) is 0. The Morgan fingerprint density at radius 3 is 2.48 bits per heavy atom. The van der Waals surface area contributed by atoms with Gasteiger partial charge in [-0.15, -0.1) is 0 Å². The third kappa shape index (κ3) is 4.94. The van der Waals surface area contributed by atoms with Crippen LogP contribution in [-0.2, 0) is 9.53 Å². The van der Waals surface area contributed by atoms with Crippen LogP contribution in [0.25, 0.3) is 0 Å². The van der Waals surface area contributed by atoms with E-state index in [0.29, 0.717) is 11.3 Å². The van der Waals surface area contributed by atoms with Gasteiger partial charge in [0.1, 0.15) is 5.69 Å². The van der Waals surface area contributed by atoms with Gasteiger partial charge in [-0.1, -0.05) is 50.6 Å². The monoisotopic (exact) mass is 396 g/mol. The summed E-state index contributed by atoms with van der Waals surface area (Å²) in [6.45, 7) is 5.18. The Labute approximate surface area is 171 Å². The molecule has 2 unspecified atom stereocenters. The summed E-state index contributed by atoms with van der Waals surface area (Å²) in [6.07, 6.45) is 4.34. The molecule has 0 saturated carbocycles. The van der Waals surface area contributed by atoms with Gasteiger partial charge in [0.05, 0.1) is 5.92 Å². The molecule has 2 aromatic rings. The van der Waals surface area contributed by atoms with Crippen LogP contribution in [-0.4, -0.2) is 47.2 Å². The predicted molar refractivity (Wildman–Crippen MR) is 110 cm³/mol. The van der Waals surface area contributed by atoms with E-state index in [2.05, 4.69) is 4.98 Å². The quantitative estimate of drug-likeness (QED) is 0.544. The van der Waals surface area contributed by atoms with Crippen LogP contribution in [0.3, 0.4) is 0 Å². The fraction of sp³-hybridized carbons (Fsp3) is 0.435. The summed E-state index contributed by atoms with van der Waals surface area (Å²) < 4.78 is 5.37. The maximum absolute atomic E-state index is 12.7. The van der Waals surface area contributed by atoms with E-state index in [1.165, 1.54) is 6.20 Å². The predicted octanol–water partition coefficient (Wildman–Crippen LogP) is 3.81. The molecule has 2 atom stereocenters. The Kier molecular flexibility index (Phi) is 6.86. The van der Waals surface area contributed by atoms with Gasteiger partial charge in [0.2, 0.25) is 5.78 Å². The molecule has 0 bridgehead atoms. The SMILES string of the molecule is CCC(C)C(C(=O)OCC(=O)c1c[nH]c(C(=O)N2CCCC2)c1)c1ccccc1. The number of rotatable bonds is 8. The van der Waals surface area contributed by atoms with Gasteiger partial charge >= 0.3 is 5.97 Å². The van der Waals surface area contributed by atoms with Crippen molar-refractivity contribution in [3.63, 3.8) is 0 Å². The molecule has 1 aromatic carbocycles. The highest BCUT2D eigenvalue weighted by atomic mass is 16.5. The van der Waals surface area contributed by atoms with Crippen LogP contribution in [0.2, 0.25) is 0 Å². The molecule has 1 aliphatic heterocycles. The van der Waals surface area contributed by atoms with Crippen molar-refractivity contribution in [1.82, 2.24) is 9.88 Å². The second-order valence-electron chi connectivity index (χ2n) is 7.61. The molecule has 1 aromatic heterocycles. The first kappa shape index (κ1) is 20.8. The van der Waals surface area contributed by atoms with Crippen molar-refractivity contribution < 1.29 is 19.1 Å². The summed E-state index contributed by atoms with van der Waals surface area (Å²) in [7, 11) is 0. The first-order valence-corrected chi connectivity index (χ1v) is 10.2. The number of nitrogens with one attached hydrogen (secondary N) is 1. The third-order valence-corrected chi connectivity index (χ3v) is 5.60. The minimum Gasteiger partial charge on any atom is -0.457 e. The number of hydrogen-bond acceptors (Lipinski definition) is 4. The molecule has 2 heterocycles. The average molecular weight is 396 g/mol. The fourth-order valence-corrected chi connectivity index (χ4v) is 3.67. The number of amides is 1. The average Bonchev–Trinajstić information content (AvgIpc) is 3.44. The molecular weight excluding hydrogens is 368 g/mol. The molecule has 1 aliphatic rings. The highest BCUT2D eigenvalue weighted by Crippen LogP contribution is 2.28. The van der Waals surface area contributed by atoms with Crippen LogP contribution in [0.1, 0.15) is 65.4 Å². The van der Waals surface area contributed by atoms with E-state index >= 15 is 0 Å². The topological polar surface area (TPSA) is 79.5 Å². The number of carbonyl (C=O) groups is 3. The third-order valence-electron chi connectivity index (χ3n) is 5.60. The van der Waals surface area contributed by atoms with Gasteiger partial charge in [-0.2, -0.15) is 0 Å². The van der Waals surface area contributed by atoms with Crippen molar-refractivity contribution in [3.8, 4) is 0 Å². The second kappa shape index (κ2) is 9.54. The Balaban J connectivity index is 1.62. The molecule has 1 N–H and O–H groups in total. The first-order valence-electron chi connectivity index (χ1n) is 10.2. The molecule has 0 aliphatic carbocycles. The number of likely N-dealkylation sites (tertiary alicyclic amines) is 1. The molecule has 1 fully saturated rings. The number of H-pyrrole nitrogens is 1. The lowest BCUT2D eigenvalue weighted by Crippen LogP contribution is -2.27. The number of Topliss-reactive ketones (excluding diaryl/α,β-unsaturated/α-hetero) is 1. The van der Waals surface area contributed by atoms with Crippen molar-refractivity contribution in [3.05, 3.63) is 59.4 Å². The van der Waals surface area contributed by atoms with Gasteiger partial charge in [0.25, 0.3) is 5.91 Å². The zero-order valence-corrected chi connectivity index (χ0v) is 17.0. The van der Waals surface area contributed by atoms with Crippen LogP contribution in [0, 0.1) is 5.92 Å². The summed E-state index contributed by atoms with van der Waals surface area (Å²) in [5.74, 6) is -1.14. The number of ketones is 1. The highest BCUT2D eigenvalue weighted by Gasteiger charge is 2.28. The Morgan fingerprint density at radius 1 is 1.14 bits per heavy atom. The molecule has 6 heteroatoms. The van der Waals surface area contributed by atoms with Crippen molar-refractivity contribution >= 4 is 17.7 Å². The normalized spacial score (nSPS) is 15.7. The zero-order valence-electron chi connectivity index (χ0n) is 17.0. The lowest BCUT2D eigenvalue weighted by molar-refractivity contribution is -0.145. The fourth-order valence-electron chi connectivity index (χ4n) is 3.67. The first-order chi connectivity index (χ1) is 14.0. The summed E-state index contributed by atoms with van der Waals surface area (Å²) in [5.41, 5.74) is 1.63. The van der Waals surface area contributed by atoms with E-state index in [-0.39, 0.29) is 24.2 Å². The van der Waals surface area contributed by atoms with E-state index in [9.17, 15) is 14.4 Å². The van der Waals surface area contributed by atoms with Gasteiger partial charge in [0, 0.05) is 24.8 Å². The number of aromatic nitrogens is 1. The summed E-state index contributed by atoms with van der Waals surface area (Å²) in [4.78, 5) is 42.3. The molecule has 1 amide bonds. The maximum atomic E-state index is 12.7. The van der Waals surface area contributed by atoms with E-state index in [1.54, 1.807) is 11.0 Å². The van der Waals surface area contributed by atoms with Crippen molar-refractivity contribution in [2.45, 2.75) is 39.0 Å². The number of carbonyl (C=O) groups excluding carboxylic acids is 3. The number of esters is 1. The molecule has 6 nitrogen and oxygen atoms in total. The molecular formula is C23H28N2O4. The second-order valence-corrected chi connectivity index (χ2v) is 7.61. The number of aromatic amines is 1. The van der Waals surface area contributed by atoms with E-state index < -0.39 is 11.9 Å². The van der Waals surface area contributed by atoms with Gasteiger partial charge in [0.15, 0.2) is 6.61 Å². The van der Waals surface area contributed by atoms with Crippen LogP contribution < -0.4 is 0 Å². The lowest BCUT2D eigenvalue weighted by atomic mass is 9.85. The number of hydrogen-bond donors (Lipinski definition) is 1. The van der Waals surface area contributed by atoms with Gasteiger partial charge in [-0.25, -0.2) is 0 Å². The number of benzene rings is 1. The van der Waals surface area contributed by atoms with Crippen LogP contribution >= 0.6 is 0 Å². The van der Waals surface area contributed by atoms with Crippen molar-refractivity contribution in [2.24, 2.45) is 5.92 Å². The number of ether oxygens (including phenoxy) is 1. The van der Waals surface area contributed by atoms with Crippen LogP contribution in [0.15, 0.2) is 42.6 Å². The standard InChI is InChI=1S/C23H28N2O4/c1-3-16(2)21(17-9-5-4-6-10-17)23(28)29-15-20(26)18-13-19(24-14-18)22(27)25-11-7-8-12-25/h4-6,9-10,13-14,16,21,24H,3,7-8,11-12,15H2,1-2H3. The van der Waals surface area contributed by atoms with Crippen LogP contribution in [0.4, 0.5) is 0 Å². The highest BCUT2D eigenvalue weighted by molar-refractivity contribution is 6.01. The van der Waals surface area contributed by atoms with Gasteiger partial charge < -0.3 is 14.6 Å². The molecule has 154 valence electrons. The molecule has 1 saturated heterocycles. The summed E-state index contributed by atoms with van der Waals surface area (Å²) >= 11 is 0. The Bertz CT molecular complexity index is 853. The van der Waals surface area contributed by atoms with E-state index in [0.717, 1.165) is 37.9 Å². The number of nitrogens with zero attached hydrogens (tertiary/aromatic N) is 1. The smallest absolute Gasteiger partial charge is 0.314 e. The zero-order chi connectivity index (χ0) is 20.8. The van der Waals surface area contributed by atoms with Crippen molar-refractivity contribution in [2.75, 3.05) is 19.7 Å². The van der Waals surface area contributed by atoms with Crippen LogP contribution in [0.5, 0.6) is 0 Å².